The summed E-state index contributed by atoms with van der Waals surface area (Å²) in [6, 6.07) is 3.26. The summed E-state index contributed by atoms with van der Waals surface area (Å²) in [5, 5.41) is 9.65. The lowest BCUT2D eigenvalue weighted by atomic mass is 10.1. The predicted molar refractivity (Wildman–Crippen MR) is 50.6 cm³/mol. The summed E-state index contributed by atoms with van der Waals surface area (Å²) >= 11 is 8.84. The highest BCUT2D eigenvalue weighted by Gasteiger charge is 2.08. The molecule has 0 aliphatic rings. The molecule has 1 N–H and O–H groups in total. The van der Waals surface area contributed by atoms with Crippen LogP contribution in [0.4, 0.5) is 0 Å². The fourth-order valence-electron chi connectivity index (χ4n) is 0.861. The SMILES string of the molecule is O=CCc1c(Br)ccc(Cl)c1O. The molecule has 0 fully saturated rings. The summed E-state index contributed by atoms with van der Waals surface area (Å²) in [7, 11) is 0. The molecule has 1 aromatic carbocycles. The quantitative estimate of drug-likeness (QED) is 0.818. The number of aldehydes is 1. The number of hydrogen-bond acceptors (Lipinski definition) is 2. The fourth-order valence-corrected chi connectivity index (χ4v) is 1.52. The Labute approximate surface area is 83.3 Å². The van der Waals surface area contributed by atoms with Gasteiger partial charge in [0, 0.05) is 16.5 Å². The zero-order valence-electron chi connectivity index (χ0n) is 6.05. The van der Waals surface area contributed by atoms with Crippen molar-refractivity contribution in [1.82, 2.24) is 0 Å². The summed E-state index contributed by atoms with van der Waals surface area (Å²) in [6.07, 6.45) is 0.878. The molecule has 0 bridgehead atoms. The van der Waals surface area contributed by atoms with Gasteiger partial charge in [0.25, 0.3) is 0 Å². The number of aromatic hydroxyl groups is 1. The second-order valence-electron chi connectivity index (χ2n) is 2.23. The molecule has 0 aromatic heterocycles. The van der Waals surface area contributed by atoms with Crippen LogP contribution in [0.3, 0.4) is 0 Å². The molecule has 12 heavy (non-hydrogen) atoms. The Morgan fingerprint density at radius 1 is 1.58 bits per heavy atom. The largest absolute Gasteiger partial charge is 0.506 e. The second-order valence-corrected chi connectivity index (χ2v) is 3.49. The number of rotatable bonds is 2. The van der Waals surface area contributed by atoms with Gasteiger partial charge in [-0.05, 0) is 12.1 Å². The Kier molecular flexibility index (Phi) is 3.12. The lowest BCUT2D eigenvalue weighted by molar-refractivity contribution is -0.107. The van der Waals surface area contributed by atoms with E-state index in [0.717, 1.165) is 6.29 Å². The minimum absolute atomic E-state index is 0.0295. The third-order valence-electron chi connectivity index (χ3n) is 1.46. The van der Waals surface area contributed by atoms with Gasteiger partial charge < -0.3 is 9.90 Å². The molecule has 4 heteroatoms. The van der Waals surface area contributed by atoms with Crippen LogP contribution in [0, 0.1) is 0 Å². The van der Waals surface area contributed by atoms with Crippen molar-refractivity contribution in [3.05, 3.63) is 27.2 Å². The first kappa shape index (κ1) is 9.55. The molecule has 0 spiro atoms. The number of halogens is 2. The molecule has 1 aromatic rings. The lowest BCUT2D eigenvalue weighted by Crippen LogP contribution is -1.89. The molecule has 64 valence electrons. The number of hydrogen-bond donors (Lipinski definition) is 1. The van der Waals surface area contributed by atoms with Gasteiger partial charge >= 0.3 is 0 Å². The number of phenols is 1. The number of phenolic OH excluding ortho intramolecular Hbond substituents is 1. The number of benzene rings is 1. The second kappa shape index (κ2) is 3.92. The van der Waals surface area contributed by atoms with Crippen LogP contribution in [0.15, 0.2) is 16.6 Å². The average molecular weight is 249 g/mol. The van der Waals surface area contributed by atoms with E-state index in [4.69, 9.17) is 11.6 Å². The Balaban J connectivity index is 3.22. The van der Waals surface area contributed by atoms with Crippen LogP contribution in [0.1, 0.15) is 5.56 Å². The summed E-state index contributed by atoms with van der Waals surface area (Å²) in [5.41, 5.74) is 0.525. The molecule has 0 aliphatic carbocycles. The van der Waals surface area contributed by atoms with E-state index in [2.05, 4.69) is 15.9 Å². The molecule has 0 aliphatic heterocycles. The van der Waals surface area contributed by atoms with Crippen LogP contribution in [0.5, 0.6) is 5.75 Å². The zero-order valence-corrected chi connectivity index (χ0v) is 8.39. The maximum absolute atomic E-state index is 10.2. The van der Waals surface area contributed by atoms with Crippen LogP contribution in [0.2, 0.25) is 5.02 Å². The van der Waals surface area contributed by atoms with Gasteiger partial charge in [0.15, 0.2) is 0 Å². The summed E-state index contributed by atoms with van der Waals surface area (Å²) in [4.78, 5) is 10.2. The van der Waals surface area contributed by atoms with Gasteiger partial charge in [-0.15, -0.1) is 0 Å². The van der Waals surface area contributed by atoms with Crippen molar-refractivity contribution in [2.24, 2.45) is 0 Å². The van der Waals surface area contributed by atoms with E-state index >= 15 is 0 Å². The number of carbonyl (C=O) groups excluding carboxylic acids is 1. The molecular formula is C8H6BrClO2. The monoisotopic (exact) mass is 248 g/mol. The van der Waals surface area contributed by atoms with E-state index in [1.54, 1.807) is 12.1 Å². The van der Waals surface area contributed by atoms with Crippen LogP contribution in [0.25, 0.3) is 0 Å². The van der Waals surface area contributed by atoms with Crippen LogP contribution < -0.4 is 0 Å². The lowest BCUT2D eigenvalue weighted by Gasteiger charge is -2.04. The molecule has 0 amide bonds. The zero-order chi connectivity index (χ0) is 9.14. The Morgan fingerprint density at radius 2 is 2.25 bits per heavy atom. The smallest absolute Gasteiger partial charge is 0.138 e. The summed E-state index contributed by atoms with van der Waals surface area (Å²) in [5.74, 6) is -0.0295. The molecule has 0 saturated carbocycles. The summed E-state index contributed by atoms with van der Waals surface area (Å²) < 4.78 is 0.691. The van der Waals surface area contributed by atoms with E-state index in [-0.39, 0.29) is 17.2 Å². The van der Waals surface area contributed by atoms with Gasteiger partial charge in [-0.25, -0.2) is 0 Å². The summed E-state index contributed by atoms with van der Waals surface area (Å²) in [6.45, 7) is 0. The first-order valence-corrected chi connectivity index (χ1v) is 4.43. The molecule has 0 saturated heterocycles. The van der Waals surface area contributed by atoms with Gasteiger partial charge in [0.05, 0.1) is 5.02 Å². The molecular weight excluding hydrogens is 243 g/mol. The molecule has 0 heterocycles. The third kappa shape index (κ3) is 1.79. The minimum Gasteiger partial charge on any atom is -0.506 e. The molecule has 0 radical (unpaired) electrons. The van der Waals surface area contributed by atoms with Gasteiger partial charge in [-0.3, -0.25) is 0 Å². The Bertz CT molecular complexity index is 312. The van der Waals surface area contributed by atoms with E-state index < -0.39 is 0 Å². The van der Waals surface area contributed by atoms with Gasteiger partial charge in [0.1, 0.15) is 12.0 Å². The maximum Gasteiger partial charge on any atom is 0.138 e. The first-order chi connectivity index (χ1) is 5.66. The number of carbonyl (C=O) groups is 1. The standard InChI is InChI=1S/C8H6BrClO2/c9-6-1-2-7(10)8(12)5(6)3-4-11/h1-2,4,12H,3H2. The van der Waals surface area contributed by atoms with Gasteiger partial charge in [-0.1, -0.05) is 27.5 Å². The van der Waals surface area contributed by atoms with Crippen molar-refractivity contribution in [3.63, 3.8) is 0 Å². The van der Waals surface area contributed by atoms with Crippen molar-refractivity contribution in [3.8, 4) is 5.75 Å². The minimum atomic E-state index is -0.0295. The van der Waals surface area contributed by atoms with E-state index in [0.29, 0.717) is 10.0 Å². The topological polar surface area (TPSA) is 37.3 Å². The highest BCUT2D eigenvalue weighted by Crippen LogP contribution is 2.32. The molecule has 2 nitrogen and oxygen atoms in total. The van der Waals surface area contributed by atoms with Crippen molar-refractivity contribution in [2.45, 2.75) is 6.42 Å². The normalized spacial score (nSPS) is 9.83. The Morgan fingerprint density at radius 3 is 2.83 bits per heavy atom. The van der Waals surface area contributed by atoms with Gasteiger partial charge in [0.2, 0.25) is 0 Å². The average Bonchev–Trinajstić information content (AvgIpc) is 2.06. The molecule has 0 unspecified atom stereocenters. The molecule has 0 atom stereocenters. The van der Waals surface area contributed by atoms with Crippen LogP contribution in [-0.4, -0.2) is 11.4 Å². The maximum atomic E-state index is 10.2. The third-order valence-corrected chi connectivity index (χ3v) is 2.51. The van der Waals surface area contributed by atoms with E-state index in [1.807, 2.05) is 0 Å². The highest BCUT2D eigenvalue weighted by atomic mass is 79.9. The fraction of sp³-hybridized carbons (Fsp3) is 0.125. The van der Waals surface area contributed by atoms with Crippen molar-refractivity contribution in [2.75, 3.05) is 0 Å². The van der Waals surface area contributed by atoms with Crippen molar-refractivity contribution in [1.29, 1.82) is 0 Å². The van der Waals surface area contributed by atoms with Crippen LogP contribution in [-0.2, 0) is 11.2 Å². The van der Waals surface area contributed by atoms with Crippen molar-refractivity contribution >= 4 is 33.8 Å². The predicted octanol–water partition coefficient (Wildman–Crippen LogP) is 2.55. The Hall–Kier alpha value is -0.540. The van der Waals surface area contributed by atoms with Gasteiger partial charge in [-0.2, -0.15) is 0 Å². The first-order valence-electron chi connectivity index (χ1n) is 3.26. The molecule has 1 rings (SSSR count). The van der Waals surface area contributed by atoms with Crippen LogP contribution >= 0.6 is 27.5 Å². The van der Waals surface area contributed by atoms with E-state index in [9.17, 15) is 9.90 Å². The van der Waals surface area contributed by atoms with E-state index in [1.165, 1.54) is 0 Å². The van der Waals surface area contributed by atoms with Crippen molar-refractivity contribution < 1.29 is 9.90 Å². The highest BCUT2D eigenvalue weighted by molar-refractivity contribution is 9.10.